The van der Waals surface area contributed by atoms with Crippen LogP contribution in [0.3, 0.4) is 0 Å². The van der Waals surface area contributed by atoms with Gasteiger partial charge in [0.05, 0.1) is 15.1 Å². The van der Waals surface area contributed by atoms with Gasteiger partial charge in [-0.1, -0.05) is 42.5 Å². The molecule has 7 nitrogen and oxygen atoms in total. The number of aromatic nitrogens is 1. The molecular formula is C23H26N4O3S2. The van der Waals surface area contributed by atoms with E-state index in [0.717, 1.165) is 33.5 Å². The Morgan fingerprint density at radius 1 is 1.19 bits per heavy atom. The number of amides is 2. The summed E-state index contributed by atoms with van der Waals surface area (Å²) in [6, 6.07) is 12.2. The van der Waals surface area contributed by atoms with Gasteiger partial charge in [0, 0.05) is 32.0 Å². The number of nitrogens with zero attached hydrogens (tertiary/aromatic N) is 2. The average Bonchev–Trinajstić information content (AvgIpc) is 3.16. The van der Waals surface area contributed by atoms with Crippen LogP contribution in [0.15, 0.2) is 64.5 Å². The molecule has 0 atom stereocenters. The molecule has 0 spiro atoms. The van der Waals surface area contributed by atoms with Gasteiger partial charge in [0.15, 0.2) is 15.0 Å². The maximum absolute atomic E-state index is 12.2. The van der Waals surface area contributed by atoms with Crippen molar-refractivity contribution in [3.63, 3.8) is 0 Å². The molecule has 168 valence electrons. The maximum Gasteiger partial charge on any atom is 0.321 e. The van der Waals surface area contributed by atoms with Gasteiger partial charge in [0.1, 0.15) is 0 Å². The first-order valence-corrected chi connectivity index (χ1v) is 12.9. The van der Waals surface area contributed by atoms with Crippen LogP contribution in [0.1, 0.15) is 19.8 Å². The van der Waals surface area contributed by atoms with Gasteiger partial charge >= 0.3 is 6.03 Å². The molecule has 0 aliphatic carbocycles. The van der Waals surface area contributed by atoms with Crippen molar-refractivity contribution < 1.29 is 13.2 Å². The molecule has 3 rings (SSSR count). The van der Waals surface area contributed by atoms with E-state index in [2.05, 4.69) is 27.5 Å². The highest BCUT2D eigenvalue weighted by Gasteiger charge is 2.11. The monoisotopic (exact) mass is 470 g/mol. The number of aliphatic imine (C=N–C) groups is 1. The van der Waals surface area contributed by atoms with Crippen LogP contribution >= 0.6 is 11.3 Å². The van der Waals surface area contributed by atoms with Crippen LogP contribution in [0.5, 0.6) is 0 Å². The SMILES string of the molecule is CC/C=C\C(CCNC(=O)Nc1nc2ccc(-c3cccc(S(C)(=O)=O)c3)cc2s1)=NC. The Labute approximate surface area is 192 Å². The predicted molar refractivity (Wildman–Crippen MR) is 133 cm³/mol. The molecule has 0 aliphatic heterocycles. The number of hydrogen-bond acceptors (Lipinski definition) is 6. The number of hydrogen-bond donors (Lipinski definition) is 2. The van der Waals surface area contributed by atoms with E-state index in [-0.39, 0.29) is 10.9 Å². The van der Waals surface area contributed by atoms with E-state index in [1.54, 1.807) is 25.2 Å². The summed E-state index contributed by atoms with van der Waals surface area (Å²) < 4.78 is 24.6. The van der Waals surface area contributed by atoms with Gasteiger partial charge in [-0.3, -0.25) is 10.3 Å². The van der Waals surface area contributed by atoms with Crippen molar-refractivity contribution in [2.45, 2.75) is 24.7 Å². The number of carbonyl (C=O) groups is 1. The van der Waals surface area contributed by atoms with Gasteiger partial charge in [0.25, 0.3) is 0 Å². The van der Waals surface area contributed by atoms with E-state index in [0.29, 0.717) is 18.1 Å². The molecule has 9 heteroatoms. The number of rotatable bonds is 8. The number of fused-ring (bicyclic) bond motifs is 1. The van der Waals surface area contributed by atoms with Crippen molar-refractivity contribution >= 4 is 48.3 Å². The molecule has 0 fully saturated rings. The molecule has 1 aromatic heterocycles. The number of thiazole rings is 1. The number of nitrogens with one attached hydrogen (secondary N) is 2. The highest BCUT2D eigenvalue weighted by atomic mass is 32.2. The van der Waals surface area contributed by atoms with Crippen molar-refractivity contribution in [2.75, 3.05) is 25.2 Å². The number of anilines is 1. The van der Waals surface area contributed by atoms with Crippen molar-refractivity contribution in [3.05, 3.63) is 54.6 Å². The van der Waals surface area contributed by atoms with E-state index < -0.39 is 9.84 Å². The fraction of sp³-hybridized carbons (Fsp3) is 0.261. The minimum Gasteiger partial charge on any atom is -0.337 e. The Morgan fingerprint density at radius 2 is 1.97 bits per heavy atom. The third-order valence-electron chi connectivity index (χ3n) is 4.70. The lowest BCUT2D eigenvalue weighted by molar-refractivity contribution is 0.252. The van der Waals surface area contributed by atoms with Gasteiger partial charge in [-0.05, 0) is 47.9 Å². The first-order valence-electron chi connectivity index (χ1n) is 10.2. The molecule has 2 N–H and O–H groups in total. The zero-order valence-electron chi connectivity index (χ0n) is 18.3. The summed E-state index contributed by atoms with van der Waals surface area (Å²) in [5.74, 6) is 0. The lowest BCUT2D eigenvalue weighted by Gasteiger charge is -2.05. The summed E-state index contributed by atoms with van der Waals surface area (Å²) >= 11 is 1.36. The van der Waals surface area contributed by atoms with Crippen LogP contribution < -0.4 is 10.6 Å². The van der Waals surface area contributed by atoms with E-state index in [1.165, 1.54) is 17.6 Å². The minimum absolute atomic E-state index is 0.278. The van der Waals surface area contributed by atoms with Gasteiger partial charge in [-0.25, -0.2) is 18.2 Å². The van der Waals surface area contributed by atoms with Crippen molar-refractivity contribution in [1.82, 2.24) is 10.3 Å². The summed E-state index contributed by atoms with van der Waals surface area (Å²) in [6.07, 6.45) is 6.79. The quantitative estimate of drug-likeness (QED) is 0.457. The van der Waals surface area contributed by atoms with Gasteiger partial charge in [-0.15, -0.1) is 0 Å². The second kappa shape index (κ2) is 10.5. The van der Waals surface area contributed by atoms with Crippen LogP contribution in [0.2, 0.25) is 0 Å². The standard InChI is InChI=1S/C23H26N4O3S2/c1-4-5-8-18(24-2)12-13-25-22(28)27-23-26-20-11-10-17(15-21(20)31-23)16-7-6-9-19(14-16)32(3,29)30/h5-11,14-15H,4,12-13H2,1-3H3,(H2,25,26,27,28)/b8-5-,24-18?. The van der Waals surface area contributed by atoms with Crippen LogP contribution in [0, 0.1) is 0 Å². The lowest BCUT2D eigenvalue weighted by Crippen LogP contribution is -2.30. The summed E-state index contributed by atoms with van der Waals surface area (Å²) in [4.78, 5) is 21.2. The second-order valence-corrected chi connectivity index (χ2v) is 10.2. The first kappa shape index (κ1) is 23.6. The average molecular weight is 471 g/mol. The van der Waals surface area contributed by atoms with Crippen LogP contribution in [0.25, 0.3) is 21.3 Å². The summed E-state index contributed by atoms with van der Waals surface area (Å²) in [5.41, 5.74) is 3.38. The zero-order chi connectivity index (χ0) is 23.1. The third-order valence-corrected chi connectivity index (χ3v) is 6.75. The molecule has 2 aromatic carbocycles. The van der Waals surface area contributed by atoms with E-state index in [1.807, 2.05) is 36.4 Å². The van der Waals surface area contributed by atoms with Crippen LogP contribution in [-0.2, 0) is 9.84 Å². The largest absolute Gasteiger partial charge is 0.337 e. The van der Waals surface area contributed by atoms with E-state index >= 15 is 0 Å². The second-order valence-electron chi connectivity index (χ2n) is 7.16. The highest BCUT2D eigenvalue weighted by molar-refractivity contribution is 7.90. The summed E-state index contributed by atoms with van der Waals surface area (Å²) in [6.45, 7) is 2.53. The smallest absolute Gasteiger partial charge is 0.321 e. The Bertz CT molecular complexity index is 1280. The van der Waals surface area contributed by atoms with Crippen LogP contribution in [0.4, 0.5) is 9.93 Å². The summed E-state index contributed by atoms with van der Waals surface area (Å²) in [5, 5.41) is 6.09. The Kier molecular flexibility index (Phi) is 7.76. The minimum atomic E-state index is -3.28. The normalized spacial score (nSPS) is 12.4. The van der Waals surface area contributed by atoms with Crippen molar-refractivity contribution in [3.8, 4) is 11.1 Å². The van der Waals surface area contributed by atoms with Gasteiger partial charge in [-0.2, -0.15) is 0 Å². The molecule has 3 aromatic rings. The van der Waals surface area contributed by atoms with Crippen molar-refractivity contribution in [2.24, 2.45) is 4.99 Å². The van der Waals surface area contributed by atoms with Gasteiger partial charge < -0.3 is 5.32 Å². The molecular weight excluding hydrogens is 444 g/mol. The first-order chi connectivity index (χ1) is 15.3. The fourth-order valence-electron chi connectivity index (χ4n) is 3.03. The molecule has 0 saturated heterocycles. The third kappa shape index (κ3) is 6.24. The topological polar surface area (TPSA) is 101 Å². The molecule has 0 radical (unpaired) electrons. The summed E-state index contributed by atoms with van der Waals surface area (Å²) in [7, 11) is -1.54. The number of benzene rings is 2. The Hall–Kier alpha value is -3.04. The lowest BCUT2D eigenvalue weighted by atomic mass is 10.1. The molecule has 0 saturated carbocycles. The highest BCUT2D eigenvalue weighted by Crippen LogP contribution is 2.31. The number of allylic oxidation sites excluding steroid dienone is 2. The molecule has 0 unspecified atom stereocenters. The number of carbonyl (C=O) groups excluding carboxylic acids is 1. The maximum atomic E-state index is 12.2. The zero-order valence-corrected chi connectivity index (χ0v) is 19.9. The van der Waals surface area contributed by atoms with E-state index in [4.69, 9.17) is 0 Å². The fourth-order valence-corrected chi connectivity index (χ4v) is 4.60. The van der Waals surface area contributed by atoms with Crippen molar-refractivity contribution in [1.29, 1.82) is 0 Å². The molecule has 2 amide bonds. The Balaban J connectivity index is 1.68. The predicted octanol–water partition coefficient (Wildman–Crippen LogP) is 4.92. The van der Waals surface area contributed by atoms with Crippen LogP contribution in [-0.4, -0.2) is 45.0 Å². The Morgan fingerprint density at radius 3 is 2.69 bits per heavy atom. The van der Waals surface area contributed by atoms with Gasteiger partial charge in [0.2, 0.25) is 0 Å². The molecule has 0 bridgehead atoms. The molecule has 0 aliphatic rings. The molecule has 32 heavy (non-hydrogen) atoms. The number of sulfone groups is 1. The van der Waals surface area contributed by atoms with E-state index in [9.17, 15) is 13.2 Å². The number of urea groups is 1. The molecule has 1 heterocycles.